The number of halogens is 2. The zero-order chi connectivity index (χ0) is 26.1. The van der Waals surface area contributed by atoms with Crippen LogP contribution in [-0.2, 0) is 16.1 Å². The summed E-state index contributed by atoms with van der Waals surface area (Å²) < 4.78 is 7.58. The molecule has 0 radical (unpaired) electrons. The molecule has 1 aliphatic heterocycles. The van der Waals surface area contributed by atoms with Gasteiger partial charge in [-0.1, -0.05) is 59.6 Å². The summed E-state index contributed by atoms with van der Waals surface area (Å²) in [5, 5.41) is 4.19. The van der Waals surface area contributed by atoms with Crippen molar-refractivity contribution >= 4 is 63.7 Å². The zero-order valence-electron chi connectivity index (χ0n) is 19.7. The van der Waals surface area contributed by atoms with Crippen LogP contribution in [0, 0.1) is 0 Å². The van der Waals surface area contributed by atoms with Crippen LogP contribution in [0.15, 0.2) is 78.5 Å². The molecule has 1 aromatic heterocycles. The molecule has 0 spiro atoms. The first-order chi connectivity index (χ1) is 17.9. The van der Waals surface area contributed by atoms with E-state index in [1.165, 1.54) is 6.08 Å². The largest absolute Gasteiger partial charge is 0.492 e. The maximum atomic E-state index is 13.5. The molecule has 1 fully saturated rings. The van der Waals surface area contributed by atoms with E-state index in [1.54, 1.807) is 43.3 Å². The normalized spacial score (nSPS) is 14.9. The Kier molecular flexibility index (Phi) is 6.74. The second-order valence-electron chi connectivity index (χ2n) is 8.32. The molecular formula is C28H21Cl2N3O4. The van der Waals surface area contributed by atoms with Gasteiger partial charge in [-0.2, -0.15) is 0 Å². The predicted octanol–water partition coefficient (Wildman–Crippen LogP) is 6.06. The van der Waals surface area contributed by atoms with E-state index < -0.39 is 17.8 Å². The Labute approximate surface area is 222 Å². The van der Waals surface area contributed by atoms with Gasteiger partial charge in [0.25, 0.3) is 11.8 Å². The molecule has 0 unspecified atom stereocenters. The predicted molar refractivity (Wildman–Crippen MR) is 144 cm³/mol. The van der Waals surface area contributed by atoms with E-state index in [9.17, 15) is 14.4 Å². The lowest BCUT2D eigenvalue weighted by Crippen LogP contribution is -2.54. The number of nitrogens with one attached hydrogen (secondary N) is 1. The smallest absolute Gasteiger partial charge is 0.336 e. The molecule has 1 N–H and O–H groups in total. The van der Waals surface area contributed by atoms with Gasteiger partial charge in [-0.3, -0.25) is 14.9 Å². The second kappa shape index (κ2) is 10.1. The van der Waals surface area contributed by atoms with Crippen LogP contribution >= 0.6 is 23.2 Å². The Balaban J connectivity index is 1.57. The zero-order valence-corrected chi connectivity index (χ0v) is 21.2. The highest BCUT2D eigenvalue weighted by Crippen LogP contribution is 2.32. The van der Waals surface area contributed by atoms with Crippen molar-refractivity contribution in [3.05, 3.63) is 99.7 Å². The highest BCUT2D eigenvalue weighted by atomic mass is 35.5. The van der Waals surface area contributed by atoms with E-state index in [0.717, 1.165) is 21.4 Å². The summed E-state index contributed by atoms with van der Waals surface area (Å²) >= 11 is 12.4. The summed E-state index contributed by atoms with van der Waals surface area (Å²) in [5.41, 5.74) is 2.48. The summed E-state index contributed by atoms with van der Waals surface area (Å²) in [7, 11) is 0. The third-order valence-electron chi connectivity index (χ3n) is 5.98. The number of amides is 4. The molecule has 1 saturated heterocycles. The van der Waals surface area contributed by atoms with Crippen LogP contribution in [0.25, 0.3) is 17.0 Å². The Morgan fingerprint density at radius 3 is 2.51 bits per heavy atom. The first-order valence-corrected chi connectivity index (χ1v) is 12.3. The summed E-state index contributed by atoms with van der Waals surface area (Å²) in [6, 6.07) is 18.8. The van der Waals surface area contributed by atoms with Gasteiger partial charge in [0.2, 0.25) is 0 Å². The molecule has 186 valence electrons. The monoisotopic (exact) mass is 533 g/mol. The fourth-order valence-electron chi connectivity index (χ4n) is 4.31. The minimum Gasteiger partial charge on any atom is -0.492 e. The van der Waals surface area contributed by atoms with Crippen LogP contribution in [0.5, 0.6) is 5.75 Å². The number of hydrogen-bond acceptors (Lipinski definition) is 4. The van der Waals surface area contributed by atoms with Crippen molar-refractivity contribution in [3.8, 4) is 5.75 Å². The summed E-state index contributed by atoms with van der Waals surface area (Å²) in [6.45, 7) is 2.60. The maximum absolute atomic E-state index is 13.5. The van der Waals surface area contributed by atoms with Crippen LogP contribution in [0.3, 0.4) is 0 Å². The van der Waals surface area contributed by atoms with Crippen LogP contribution in [-0.4, -0.2) is 29.0 Å². The minimum absolute atomic E-state index is 0.168. The van der Waals surface area contributed by atoms with Crippen molar-refractivity contribution in [2.75, 3.05) is 11.5 Å². The van der Waals surface area contributed by atoms with Crippen LogP contribution < -0.4 is 15.0 Å². The number of urea groups is 1. The topological polar surface area (TPSA) is 80.6 Å². The van der Waals surface area contributed by atoms with Crippen molar-refractivity contribution in [2.45, 2.75) is 13.5 Å². The van der Waals surface area contributed by atoms with E-state index in [2.05, 4.69) is 5.32 Å². The molecule has 1 aliphatic rings. The van der Waals surface area contributed by atoms with E-state index >= 15 is 0 Å². The highest BCUT2D eigenvalue weighted by molar-refractivity contribution is 6.39. The number of hydrogen-bond donors (Lipinski definition) is 1. The molecule has 5 rings (SSSR count). The van der Waals surface area contributed by atoms with E-state index in [4.69, 9.17) is 27.9 Å². The number of carbonyl (C=O) groups excluding carboxylic acids is 3. The van der Waals surface area contributed by atoms with Gasteiger partial charge in [-0.05, 0) is 48.9 Å². The van der Waals surface area contributed by atoms with Gasteiger partial charge < -0.3 is 9.30 Å². The van der Waals surface area contributed by atoms with Crippen LogP contribution in [0.4, 0.5) is 10.5 Å². The van der Waals surface area contributed by atoms with Gasteiger partial charge in [-0.25, -0.2) is 9.69 Å². The number of para-hydroxylation sites is 3. The van der Waals surface area contributed by atoms with Crippen molar-refractivity contribution in [1.29, 1.82) is 0 Å². The Morgan fingerprint density at radius 2 is 1.73 bits per heavy atom. The third-order valence-corrected chi connectivity index (χ3v) is 6.57. The van der Waals surface area contributed by atoms with Crippen molar-refractivity contribution < 1.29 is 19.1 Å². The Hall–Kier alpha value is -4.07. The molecule has 4 amide bonds. The summed E-state index contributed by atoms with van der Waals surface area (Å²) in [4.78, 5) is 39.9. The van der Waals surface area contributed by atoms with Crippen LogP contribution in [0.1, 0.15) is 18.1 Å². The number of nitrogens with zero attached hydrogens (tertiary/aromatic N) is 2. The minimum atomic E-state index is -0.834. The molecule has 9 heteroatoms. The van der Waals surface area contributed by atoms with Gasteiger partial charge in [-0.15, -0.1) is 0 Å². The summed E-state index contributed by atoms with van der Waals surface area (Å²) in [5.74, 6) is -1.14. The number of benzene rings is 3. The van der Waals surface area contributed by atoms with Gasteiger partial charge >= 0.3 is 6.03 Å². The quantitative estimate of drug-likeness (QED) is 0.241. The van der Waals surface area contributed by atoms with Crippen LogP contribution in [0.2, 0.25) is 10.0 Å². The number of anilines is 1. The fraction of sp³-hybridized carbons (Fsp3) is 0.107. The van der Waals surface area contributed by atoms with Crippen molar-refractivity contribution in [2.24, 2.45) is 0 Å². The molecule has 0 aliphatic carbocycles. The molecule has 0 atom stereocenters. The second-order valence-corrected chi connectivity index (χ2v) is 9.17. The molecule has 37 heavy (non-hydrogen) atoms. The van der Waals surface area contributed by atoms with Gasteiger partial charge in [0.15, 0.2) is 0 Å². The molecule has 0 bridgehead atoms. The maximum Gasteiger partial charge on any atom is 0.336 e. The average molecular weight is 534 g/mol. The number of ether oxygens (including phenoxy) is 1. The SMILES string of the molecule is CCOc1ccccc1N1C(=O)NC(=O)/C(=C\c2cn(Cc3ccc(Cl)cc3Cl)c3ccccc23)C1=O. The van der Waals surface area contributed by atoms with Gasteiger partial charge in [0, 0.05) is 39.3 Å². The lowest BCUT2D eigenvalue weighted by Gasteiger charge is -2.27. The number of aromatic nitrogens is 1. The Morgan fingerprint density at radius 1 is 0.973 bits per heavy atom. The standard InChI is InChI=1S/C28H21Cl2N3O4/c1-2-37-25-10-6-5-9-24(25)33-27(35)21(26(34)31-28(33)36)13-18-16-32(23-8-4-3-7-20(18)23)15-17-11-12-19(29)14-22(17)30/h3-14,16H,2,15H2,1H3,(H,31,34,36)/b21-13+. The highest BCUT2D eigenvalue weighted by Gasteiger charge is 2.38. The Bertz CT molecular complexity index is 1590. The van der Waals surface area contributed by atoms with Gasteiger partial charge in [0.1, 0.15) is 11.3 Å². The first-order valence-electron chi connectivity index (χ1n) is 11.5. The fourth-order valence-corrected chi connectivity index (χ4v) is 4.77. The molecule has 4 aromatic rings. The van der Waals surface area contributed by atoms with E-state index in [1.807, 2.05) is 41.1 Å². The third kappa shape index (κ3) is 4.71. The molecule has 7 nitrogen and oxygen atoms in total. The average Bonchev–Trinajstić information content (AvgIpc) is 3.22. The molecule has 2 heterocycles. The lowest BCUT2D eigenvalue weighted by atomic mass is 10.1. The van der Waals surface area contributed by atoms with E-state index in [-0.39, 0.29) is 11.3 Å². The number of carbonyl (C=O) groups is 3. The number of barbiturate groups is 1. The lowest BCUT2D eigenvalue weighted by molar-refractivity contribution is -0.122. The van der Waals surface area contributed by atoms with Crippen molar-refractivity contribution in [3.63, 3.8) is 0 Å². The molecular weight excluding hydrogens is 513 g/mol. The van der Waals surface area contributed by atoms with E-state index in [0.29, 0.717) is 34.5 Å². The number of rotatable bonds is 6. The summed E-state index contributed by atoms with van der Waals surface area (Å²) in [6.07, 6.45) is 3.35. The molecule has 3 aromatic carbocycles. The molecule has 0 saturated carbocycles. The van der Waals surface area contributed by atoms with Crippen molar-refractivity contribution in [1.82, 2.24) is 9.88 Å². The first kappa shape index (κ1) is 24.6. The number of fused-ring (bicyclic) bond motifs is 1. The number of imide groups is 2. The van der Waals surface area contributed by atoms with Gasteiger partial charge in [0.05, 0.1) is 12.3 Å².